The number of phenols is 1. The lowest BCUT2D eigenvalue weighted by Crippen LogP contribution is -2.34. The predicted molar refractivity (Wildman–Crippen MR) is 88.0 cm³/mol. The van der Waals surface area contributed by atoms with Gasteiger partial charge in [0.15, 0.2) is 11.5 Å². The third-order valence-electron chi connectivity index (χ3n) is 4.39. The van der Waals surface area contributed by atoms with Crippen LogP contribution < -0.4 is 15.2 Å². The molecule has 1 aliphatic carbocycles. The molecule has 2 rings (SSSR count). The summed E-state index contributed by atoms with van der Waals surface area (Å²) in [7, 11) is 2.95. The Morgan fingerprint density at radius 1 is 1.09 bits per heavy atom. The molecule has 0 unspecified atom stereocenters. The van der Waals surface area contributed by atoms with Crippen LogP contribution in [0.5, 0.6) is 17.2 Å². The van der Waals surface area contributed by atoms with E-state index < -0.39 is 12.1 Å². The lowest BCUT2D eigenvalue weighted by Gasteiger charge is -2.31. The number of halogens is 1. The molecule has 2 atom stereocenters. The minimum atomic E-state index is -0.593. The molecule has 0 radical (unpaired) electrons. The van der Waals surface area contributed by atoms with E-state index in [0.717, 1.165) is 25.7 Å². The van der Waals surface area contributed by atoms with Crippen LogP contribution in [-0.4, -0.2) is 30.5 Å². The molecule has 0 bridgehead atoms. The highest BCUT2D eigenvalue weighted by Gasteiger charge is 2.28. The van der Waals surface area contributed by atoms with Crippen LogP contribution in [0, 0.1) is 5.92 Å². The fourth-order valence-corrected chi connectivity index (χ4v) is 3.07. The molecule has 1 aromatic carbocycles. The summed E-state index contributed by atoms with van der Waals surface area (Å²) in [6.45, 7) is 0. The van der Waals surface area contributed by atoms with Crippen molar-refractivity contribution in [3.8, 4) is 17.2 Å². The molecule has 0 amide bonds. The molecule has 126 valence electrons. The van der Waals surface area contributed by atoms with Gasteiger partial charge in [0.1, 0.15) is 0 Å². The first kappa shape index (κ1) is 18.9. The second-order valence-electron chi connectivity index (χ2n) is 5.69. The van der Waals surface area contributed by atoms with Crippen molar-refractivity contribution in [2.45, 2.75) is 44.2 Å². The zero-order valence-corrected chi connectivity index (χ0v) is 13.9. The van der Waals surface area contributed by atoms with Gasteiger partial charge < -0.3 is 25.4 Å². The topological polar surface area (TPSA) is 84.9 Å². The van der Waals surface area contributed by atoms with Crippen molar-refractivity contribution in [1.82, 2.24) is 0 Å². The highest BCUT2D eigenvalue weighted by atomic mass is 35.5. The average molecular weight is 332 g/mol. The quantitative estimate of drug-likeness (QED) is 0.772. The third-order valence-corrected chi connectivity index (χ3v) is 4.39. The number of benzene rings is 1. The zero-order valence-electron chi connectivity index (χ0n) is 13.1. The van der Waals surface area contributed by atoms with Gasteiger partial charge in [-0.25, -0.2) is 0 Å². The van der Waals surface area contributed by atoms with E-state index in [1.165, 1.54) is 20.6 Å². The number of hydrogen-bond donors (Lipinski definition) is 3. The van der Waals surface area contributed by atoms with E-state index in [1.807, 2.05) is 0 Å². The Balaban J connectivity index is 0.00000242. The third kappa shape index (κ3) is 3.97. The number of nitrogens with two attached hydrogens (primary N) is 1. The van der Waals surface area contributed by atoms with E-state index in [2.05, 4.69) is 0 Å². The normalized spacial score (nSPS) is 18.2. The van der Waals surface area contributed by atoms with Crippen molar-refractivity contribution in [3.05, 3.63) is 17.7 Å². The number of aromatic hydroxyl groups is 1. The Hall–Kier alpha value is -1.17. The Morgan fingerprint density at radius 2 is 1.59 bits per heavy atom. The lowest BCUT2D eigenvalue weighted by molar-refractivity contribution is 0.0616. The molecule has 22 heavy (non-hydrogen) atoms. The Kier molecular flexibility index (Phi) is 7.26. The first-order valence-electron chi connectivity index (χ1n) is 7.47. The molecule has 0 aromatic heterocycles. The van der Waals surface area contributed by atoms with Gasteiger partial charge in [0.2, 0.25) is 5.75 Å². The van der Waals surface area contributed by atoms with Crippen molar-refractivity contribution >= 4 is 12.4 Å². The van der Waals surface area contributed by atoms with E-state index in [0.29, 0.717) is 17.1 Å². The maximum atomic E-state index is 10.5. The van der Waals surface area contributed by atoms with Crippen LogP contribution in [0.2, 0.25) is 0 Å². The maximum absolute atomic E-state index is 10.5. The molecule has 1 aromatic rings. The smallest absolute Gasteiger partial charge is 0.200 e. The minimum absolute atomic E-state index is 0. The summed E-state index contributed by atoms with van der Waals surface area (Å²) in [5, 5.41) is 20.5. The van der Waals surface area contributed by atoms with Crippen molar-refractivity contribution in [1.29, 1.82) is 0 Å². The second-order valence-corrected chi connectivity index (χ2v) is 5.69. The largest absolute Gasteiger partial charge is 0.502 e. The van der Waals surface area contributed by atoms with Gasteiger partial charge in [-0.3, -0.25) is 0 Å². The number of aliphatic hydroxyl groups excluding tert-OH is 1. The van der Waals surface area contributed by atoms with Crippen LogP contribution in [0.3, 0.4) is 0 Å². The summed E-state index contributed by atoms with van der Waals surface area (Å²) < 4.78 is 10.3. The fourth-order valence-electron chi connectivity index (χ4n) is 3.07. The number of ether oxygens (including phenoxy) is 2. The van der Waals surface area contributed by atoms with Crippen molar-refractivity contribution < 1.29 is 19.7 Å². The number of methoxy groups -OCH3 is 2. The van der Waals surface area contributed by atoms with E-state index in [1.54, 1.807) is 12.1 Å². The molecule has 6 heteroatoms. The Bertz CT molecular complexity index is 452. The fraction of sp³-hybridized carbons (Fsp3) is 0.625. The van der Waals surface area contributed by atoms with Crippen LogP contribution in [0.4, 0.5) is 0 Å². The molecular formula is C16H26ClNO4. The summed E-state index contributed by atoms with van der Waals surface area (Å²) in [6, 6.07) is 2.81. The first-order valence-corrected chi connectivity index (χ1v) is 7.47. The van der Waals surface area contributed by atoms with Gasteiger partial charge >= 0.3 is 0 Å². The summed E-state index contributed by atoms with van der Waals surface area (Å²) in [5.74, 6) is 0.786. The molecular weight excluding hydrogens is 306 g/mol. The van der Waals surface area contributed by atoms with Gasteiger partial charge in [-0.1, -0.05) is 19.3 Å². The van der Waals surface area contributed by atoms with Gasteiger partial charge in [-0.15, -0.1) is 12.4 Å². The maximum Gasteiger partial charge on any atom is 0.200 e. The van der Waals surface area contributed by atoms with Crippen LogP contribution in [-0.2, 0) is 0 Å². The predicted octanol–water partition coefficient (Wildman–Crippen LogP) is 2.77. The van der Waals surface area contributed by atoms with E-state index in [4.69, 9.17) is 15.2 Å². The van der Waals surface area contributed by atoms with Crippen LogP contribution in [0.15, 0.2) is 12.1 Å². The number of hydrogen-bond acceptors (Lipinski definition) is 5. The van der Waals surface area contributed by atoms with Crippen LogP contribution in [0.25, 0.3) is 0 Å². The van der Waals surface area contributed by atoms with Crippen molar-refractivity contribution in [2.24, 2.45) is 11.7 Å². The summed E-state index contributed by atoms with van der Waals surface area (Å²) >= 11 is 0. The van der Waals surface area contributed by atoms with E-state index in [9.17, 15) is 10.2 Å². The molecule has 0 aliphatic heterocycles. The lowest BCUT2D eigenvalue weighted by atomic mass is 9.81. The number of aliphatic hydroxyl groups is 1. The minimum Gasteiger partial charge on any atom is -0.502 e. The molecule has 1 fully saturated rings. The monoisotopic (exact) mass is 331 g/mol. The standard InChI is InChI=1S/C16H25NO4.ClH/c1-20-12-8-11(9-13(21-2)16(12)19)14(17)15(18)10-6-4-3-5-7-10;/h8-10,14-15,18-19H,3-7,17H2,1-2H3;1H/t14-,15+;/m0./s1. The van der Waals surface area contributed by atoms with Crippen LogP contribution in [0.1, 0.15) is 43.7 Å². The van der Waals surface area contributed by atoms with Crippen LogP contribution >= 0.6 is 12.4 Å². The number of rotatable bonds is 5. The molecule has 1 saturated carbocycles. The van der Waals surface area contributed by atoms with Gasteiger partial charge in [0.25, 0.3) is 0 Å². The molecule has 1 aliphatic rings. The van der Waals surface area contributed by atoms with Gasteiger partial charge in [-0.05, 0) is 36.5 Å². The van der Waals surface area contributed by atoms with E-state index in [-0.39, 0.29) is 24.1 Å². The molecule has 0 heterocycles. The zero-order chi connectivity index (χ0) is 15.4. The average Bonchev–Trinajstić information content (AvgIpc) is 2.54. The van der Waals surface area contributed by atoms with Crippen molar-refractivity contribution in [3.63, 3.8) is 0 Å². The Morgan fingerprint density at radius 3 is 2.05 bits per heavy atom. The van der Waals surface area contributed by atoms with Crippen molar-refractivity contribution in [2.75, 3.05) is 14.2 Å². The SMILES string of the molecule is COc1cc([C@H](N)[C@H](O)C2CCCCC2)cc(OC)c1O.Cl. The molecule has 4 N–H and O–H groups in total. The number of phenolic OH excluding ortho intramolecular Hbond substituents is 1. The molecule has 0 saturated heterocycles. The van der Waals surface area contributed by atoms with Gasteiger partial charge in [0, 0.05) is 0 Å². The highest BCUT2D eigenvalue weighted by molar-refractivity contribution is 5.85. The first-order chi connectivity index (χ1) is 10.1. The summed E-state index contributed by atoms with van der Waals surface area (Å²) in [4.78, 5) is 0. The summed E-state index contributed by atoms with van der Waals surface area (Å²) in [6.07, 6.45) is 4.97. The Labute approximate surface area is 137 Å². The van der Waals surface area contributed by atoms with E-state index >= 15 is 0 Å². The van der Waals surface area contributed by atoms with Gasteiger partial charge in [-0.2, -0.15) is 0 Å². The molecule has 0 spiro atoms. The highest BCUT2D eigenvalue weighted by Crippen LogP contribution is 2.40. The summed E-state index contributed by atoms with van der Waals surface area (Å²) in [5.41, 5.74) is 6.93. The van der Waals surface area contributed by atoms with Gasteiger partial charge in [0.05, 0.1) is 26.4 Å². The molecule has 5 nitrogen and oxygen atoms in total. The second kappa shape index (κ2) is 8.46.